The van der Waals surface area contributed by atoms with E-state index in [1.54, 1.807) is 12.5 Å². The normalized spacial score (nSPS) is 11.9. The van der Waals surface area contributed by atoms with Crippen LogP contribution in [0.5, 0.6) is 0 Å². The molecule has 0 amide bonds. The lowest BCUT2D eigenvalue weighted by Crippen LogP contribution is -2.23. The second-order valence-electron chi connectivity index (χ2n) is 2.82. The van der Waals surface area contributed by atoms with Crippen LogP contribution in [0.15, 0.2) is 18.7 Å². The molecule has 1 rings (SSSR count). The maximum absolute atomic E-state index is 4.05. The van der Waals surface area contributed by atoms with Crippen LogP contribution < -0.4 is 0 Å². The molecule has 1 aromatic rings. The summed E-state index contributed by atoms with van der Waals surface area (Å²) in [7, 11) is 0. The van der Waals surface area contributed by atoms with Crippen molar-refractivity contribution in [2.75, 3.05) is 0 Å². The first-order valence-electron chi connectivity index (χ1n) is 3.50. The molecule has 1 heterocycles. The van der Waals surface area contributed by atoms with Crippen molar-refractivity contribution < 1.29 is 0 Å². The zero-order valence-corrected chi connectivity index (χ0v) is 6.54. The van der Waals surface area contributed by atoms with E-state index in [4.69, 9.17) is 0 Å². The molecule has 1 aromatic heterocycles. The van der Waals surface area contributed by atoms with E-state index in [0.29, 0.717) is 0 Å². The van der Waals surface area contributed by atoms with E-state index in [0.717, 1.165) is 6.42 Å². The van der Waals surface area contributed by atoms with Crippen LogP contribution in [0.4, 0.5) is 0 Å². The fourth-order valence-electron chi connectivity index (χ4n) is 0.761. The van der Waals surface area contributed by atoms with Crippen LogP contribution in [0.2, 0.25) is 0 Å². The van der Waals surface area contributed by atoms with E-state index in [1.165, 1.54) is 0 Å². The lowest BCUT2D eigenvalue weighted by Gasteiger charge is -2.23. The molecule has 0 saturated heterocycles. The molecule has 0 saturated carbocycles. The van der Waals surface area contributed by atoms with E-state index in [9.17, 15) is 0 Å². The summed E-state index contributed by atoms with van der Waals surface area (Å²) in [4.78, 5) is 3.96. The molecule has 0 aliphatic rings. The largest absolute Gasteiger partial charge is 0.332 e. The molecule has 2 heteroatoms. The first-order valence-corrected chi connectivity index (χ1v) is 3.50. The van der Waals surface area contributed by atoms with Gasteiger partial charge in [-0.1, -0.05) is 6.92 Å². The number of rotatable bonds is 2. The fourth-order valence-corrected chi connectivity index (χ4v) is 0.761. The summed E-state index contributed by atoms with van der Waals surface area (Å²) in [5.74, 6) is 0. The van der Waals surface area contributed by atoms with Crippen LogP contribution in [0.1, 0.15) is 20.3 Å². The lowest BCUT2D eigenvalue weighted by molar-refractivity contribution is 0.390. The third-order valence-corrected chi connectivity index (χ3v) is 1.89. The Morgan fingerprint density at radius 2 is 2.40 bits per heavy atom. The van der Waals surface area contributed by atoms with Gasteiger partial charge in [-0.15, -0.1) is 0 Å². The van der Waals surface area contributed by atoms with Gasteiger partial charge >= 0.3 is 0 Å². The minimum atomic E-state index is -0.0312. The van der Waals surface area contributed by atoms with Crippen molar-refractivity contribution in [2.45, 2.75) is 25.8 Å². The van der Waals surface area contributed by atoms with Gasteiger partial charge in [-0.05, 0) is 20.3 Å². The summed E-state index contributed by atoms with van der Waals surface area (Å²) in [6, 6.07) is 0. The molecule has 2 nitrogen and oxygen atoms in total. The summed E-state index contributed by atoms with van der Waals surface area (Å²) in [6.07, 6.45) is 6.54. The van der Waals surface area contributed by atoms with E-state index in [1.807, 2.05) is 10.8 Å². The van der Waals surface area contributed by atoms with Crippen LogP contribution in [-0.4, -0.2) is 9.55 Å². The zero-order valence-electron chi connectivity index (χ0n) is 6.54. The first-order chi connectivity index (χ1) is 4.67. The molecule has 0 bridgehead atoms. The van der Waals surface area contributed by atoms with Gasteiger partial charge in [0.25, 0.3) is 0 Å². The monoisotopic (exact) mass is 137 g/mol. The highest BCUT2D eigenvalue weighted by molar-refractivity contribution is 4.89. The van der Waals surface area contributed by atoms with Gasteiger partial charge in [0.1, 0.15) is 0 Å². The molecule has 0 aromatic carbocycles. The summed E-state index contributed by atoms with van der Waals surface area (Å²) < 4.78 is 2.02. The molecule has 0 aliphatic carbocycles. The summed E-state index contributed by atoms with van der Waals surface area (Å²) in [5.41, 5.74) is -0.0312. The van der Waals surface area contributed by atoms with Crippen LogP contribution in [0, 0.1) is 6.92 Å². The number of hydrogen-bond acceptors (Lipinski definition) is 1. The molecule has 1 atom stereocenters. The minimum absolute atomic E-state index is 0.0312. The SMILES string of the molecule is [CH2]C(C)(CC)n1ccnc1. The van der Waals surface area contributed by atoms with Gasteiger partial charge in [0.2, 0.25) is 0 Å². The molecule has 0 fully saturated rings. The molecule has 0 N–H and O–H groups in total. The summed E-state index contributed by atoms with van der Waals surface area (Å²) in [6.45, 7) is 8.26. The minimum Gasteiger partial charge on any atom is -0.332 e. The molecule has 55 valence electrons. The Bertz CT molecular complexity index is 187. The zero-order chi connectivity index (χ0) is 7.61. The van der Waals surface area contributed by atoms with Gasteiger partial charge in [0, 0.05) is 17.9 Å². The van der Waals surface area contributed by atoms with Gasteiger partial charge in [-0.3, -0.25) is 0 Å². The van der Waals surface area contributed by atoms with E-state index in [-0.39, 0.29) is 5.54 Å². The highest BCUT2D eigenvalue weighted by atomic mass is 15.1. The van der Waals surface area contributed by atoms with Crippen LogP contribution in [0.25, 0.3) is 0 Å². The Morgan fingerprint density at radius 3 is 2.80 bits per heavy atom. The highest BCUT2D eigenvalue weighted by Gasteiger charge is 2.15. The molecule has 0 aliphatic heterocycles. The van der Waals surface area contributed by atoms with Gasteiger partial charge < -0.3 is 4.57 Å². The summed E-state index contributed by atoms with van der Waals surface area (Å²) >= 11 is 0. The maximum Gasteiger partial charge on any atom is 0.0951 e. The highest BCUT2D eigenvalue weighted by Crippen LogP contribution is 2.16. The second-order valence-corrected chi connectivity index (χ2v) is 2.82. The van der Waals surface area contributed by atoms with Gasteiger partial charge in [-0.2, -0.15) is 0 Å². The second kappa shape index (κ2) is 2.45. The van der Waals surface area contributed by atoms with Crippen molar-refractivity contribution in [3.63, 3.8) is 0 Å². The number of nitrogens with zero attached hydrogens (tertiary/aromatic N) is 2. The molecular weight excluding hydrogens is 124 g/mol. The predicted molar refractivity (Wildman–Crippen MR) is 41.5 cm³/mol. The summed E-state index contributed by atoms with van der Waals surface area (Å²) in [5, 5.41) is 0. The van der Waals surface area contributed by atoms with Gasteiger partial charge in [0.05, 0.1) is 6.33 Å². The third-order valence-electron chi connectivity index (χ3n) is 1.89. The molecule has 1 radical (unpaired) electrons. The molecule has 10 heavy (non-hydrogen) atoms. The molecule has 0 spiro atoms. The van der Waals surface area contributed by atoms with Crippen molar-refractivity contribution in [2.24, 2.45) is 0 Å². The van der Waals surface area contributed by atoms with Crippen molar-refractivity contribution in [3.8, 4) is 0 Å². The Balaban J connectivity index is 2.85. The predicted octanol–water partition coefficient (Wildman–Crippen LogP) is 1.84. The average Bonchev–Trinajstić information content (AvgIpc) is 2.38. The molecule has 1 unspecified atom stereocenters. The van der Waals surface area contributed by atoms with Crippen molar-refractivity contribution in [3.05, 3.63) is 25.6 Å². The average molecular weight is 137 g/mol. The van der Waals surface area contributed by atoms with Crippen molar-refractivity contribution in [1.29, 1.82) is 0 Å². The topological polar surface area (TPSA) is 17.8 Å². The van der Waals surface area contributed by atoms with E-state index >= 15 is 0 Å². The lowest BCUT2D eigenvalue weighted by atomic mass is 10.0. The van der Waals surface area contributed by atoms with E-state index < -0.39 is 0 Å². The first kappa shape index (κ1) is 7.32. The Kier molecular flexibility index (Phi) is 1.79. The van der Waals surface area contributed by atoms with E-state index in [2.05, 4.69) is 25.8 Å². The Hall–Kier alpha value is -0.790. The molecular formula is C8H13N2. The smallest absolute Gasteiger partial charge is 0.0951 e. The van der Waals surface area contributed by atoms with Gasteiger partial charge in [0.15, 0.2) is 0 Å². The van der Waals surface area contributed by atoms with Crippen LogP contribution in [0.3, 0.4) is 0 Å². The van der Waals surface area contributed by atoms with Crippen LogP contribution in [-0.2, 0) is 5.54 Å². The Morgan fingerprint density at radius 1 is 1.70 bits per heavy atom. The van der Waals surface area contributed by atoms with Crippen molar-refractivity contribution in [1.82, 2.24) is 9.55 Å². The number of aromatic nitrogens is 2. The quantitative estimate of drug-likeness (QED) is 0.608. The van der Waals surface area contributed by atoms with Gasteiger partial charge in [-0.25, -0.2) is 4.98 Å². The maximum atomic E-state index is 4.05. The fraction of sp³-hybridized carbons (Fsp3) is 0.500. The van der Waals surface area contributed by atoms with Crippen LogP contribution >= 0.6 is 0 Å². The Labute approximate surface area is 61.9 Å². The number of hydrogen-bond donors (Lipinski definition) is 0. The van der Waals surface area contributed by atoms with Crippen molar-refractivity contribution >= 4 is 0 Å². The number of imidazole rings is 1. The third kappa shape index (κ3) is 1.20. The standard InChI is InChI=1S/C8H13N2/c1-4-8(2,3)10-6-5-9-7-10/h5-7H,2,4H2,1,3H3.